The van der Waals surface area contributed by atoms with Gasteiger partial charge in [0.1, 0.15) is 5.75 Å². The fourth-order valence-electron chi connectivity index (χ4n) is 4.07. The number of anilines is 1. The fourth-order valence-corrected chi connectivity index (χ4v) is 4.07. The summed E-state index contributed by atoms with van der Waals surface area (Å²) < 4.78 is 5.68. The summed E-state index contributed by atoms with van der Waals surface area (Å²) in [6.07, 6.45) is 5.31. The van der Waals surface area contributed by atoms with Crippen LogP contribution in [0.3, 0.4) is 0 Å². The second kappa shape index (κ2) is 8.14. The molecule has 1 fully saturated rings. The van der Waals surface area contributed by atoms with Gasteiger partial charge in [0.15, 0.2) is 0 Å². The summed E-state index contributed by atoms with van der Waals surface area (Å²) in [6.45, 7) is 3.23. The molecular formula is C22H24N4O4. The molecule has 0 aliphatic carbocycles. The van der Waals surface area contributed by atoms with Gasteiger partial charge >= 0.3 is 11.8 Å². The quantitative estimate of drug-likeness (QED) is 0.755. The molecule has 8 nitrogen and oxygen atoms in total. The number of nitrogens with one attached hydrogen (secondary N) is 1. The number of amides is 3. The van der Waals surface area contributed by atoms with E-state index in [0.717, 1.165) is 30.6 Å². The lowest BCUT2D eigenvalue weighted by Crippen LogP contribution is -2.46. The number of piperidine rings is 1. The highest BCUT2D eigenvalue weighted by Crippen LogP contribution is 2.37. The van der Waals surface area contributed by atoms with Crippen molar-refractivity contribution in [3.63, 3.8) is 0 Å². The number of primary amides is 1. The molecule has 4 rings (SSSR count). The Morgan fingerprint density at radius 3 is 2.83 bits per heavy atom. The van der Waals surface area contributed by atoms with Crippen LogP contribution in [0.5, 0.6) is 5.75 Å². The minimum Gasteiger partial charge on any atom is -0.493 e. The van der Waals surface area contributed by atoms with E-state index in [1.54, 1.807) is 4.90 Å². The normalized spacial score (nSPS) is 20.2. The zero-order chi connectivity index (χ0) is 21.3. The number of pyridine rings is 1. The van der Waals surface area contributed by atoms with Crippen LogP contribution in [0, 0.1) is 5.92 Å². The van der Waals surface area contributed by atoms with Gasteiger partial charge in [-0.1, -0.05) is 19.1 Å². The van der Waals surface area contributed by atoms with E-state index in [9.17, 15) is 14.4 Å². The number of rotatable bonds is 3. The van der Waals surface area contributed by atoms with Crippen molar-refractivity contribution in [2.24, 2.45) is 11.7 Å². The van der Waals surface area contributed by atoms with Crippen LogP contribution >= 0.6 is 0 Å². The maximum atomic E-state index is 13.1. The molecule has 156 valence electrons. The molecule has 0 radical (unpaired) electrons. The topological polar surface area (TPSA) is 115 Å². The molecule has 1 aromatic carbocycles. The predicted molar refractivity (Wildman–Crippen MR) is 110 cm³/mol. The second-order valence-corrected chi connectivity index (χ2v) is 7.90. The van der Waals surface area contributed by atoms with Gasteiger partial charge < -0.3 is 20.7 Å². The standard InChI is InChI=1S/C22H24N4O4/c1-13-2-5-18(15-4-3-14-6-7-30-19(14)9-15)26(12-13)22(29)21(28)25-17-8-16(20(23)27)10-24-11-17/h3-4,8-11,13,18H,2,5-7,12H2,1H3,(H2,23,27)(H,25,28)/t13-,18+/m0/s1. The highest BCUT2D eigenvalue weighted by Gasteiger charge is 2.34. The first-order valence-electron chi connectivity index (χ1n) is 10.0. The van der Waals surface area contributed by atoms with Crippen molar-refractivity contribution in [3.05, 3.63) is 53.3 Å². The van der Waals surface area contributed by atoms with Crippen LogP contribution in [-0.4, -0.2) is 40.8 Å². The first kappa shape index (κ1) is 19.9. The van der Waals surface area contributed by atoms with Gasteiger partial charge in [0.2, 0.25) is 5.91 Å². The first-order valence-corrected chi connectivity index (χ1v) is 10.0. The number of aromatic nitrogens is 1. The molecule has 2 aromatic rings. The van der Waals surface area contributed by atoms with Crippen molar-refractivity contribution in [2.75, 3.05) is 18.5 Å². The number of ether oxygens (including phenoxy) is 1. The molecule has 3 N–H and O–H groups in total. The summed E-state index contributed by atoms with van der Waals surface area (Å²) in [5.41, 5.74) is 7.79. The van der Waals surface area contributed by atoms with Crippen LogP contribution in [0.2, 0.25) is 0 Å². The average molecular weight is 408 g/mol. The first-order chi connectivity index (χ1) is 14.4. The van der Waals surface area contributed by atoms with E-state index < -0.39 is 17.7 Å². The summed E-state index contributed by atoms with van der Waals surface area (Å²) in [7, 11) is 0. The van der Waals surface area contributed by atoms with Gasteiger partial charge in [-0.05, 0) is 42.0 Å². The van der Waals surface area contributed by atoms with Crippen LogP contribution in [0.15, 0.2) is 36.7 Å². The van der Waals surface area contributed by atoms with Crippen molar-refractivity contribution in [1.29, 1.82) is 0 Å². The predicted octanol–water partition coefficient (Wildman–Crippen LogP) is 2.05. The van der Waals surface area contributed by atoms with Gasteiger partial charge in [-0.25, -0.2) is 0 Å². The molecule has 3 amide bonds. The number of fused-ring (bicyclic) bond motifs is 1. The van der Waals surface area contributed by atoms with E-state index in [0.29, 0.717) is 19.1 Å². The van der Waals surface area contributed by atoms with Gasteiger partial charge in [0.25, 0.3) is 0 Å². The zero-order valence-corrected chi connectivity index (χ0v) is 16.8. The Kier molecular flexibility index (Phi) is 5.39. The number of nitrogens with zero attached hydrogens (tertiary/aromatic N) is 2. The van der Waals surface area contributed by atoms with Crippen LogP contribution in [0.1, 0.15) is 47.3 Å². The molecule has 1 aromatic heterocycles. The minimum atomic E-state index is -0.769. The SMILES string of the molecule is C[C@H]1CC[C@H](c2ccc3c(c2)OCC3)N(C(=O)C(=O)Nc2cncc(C(N)=O)c2)C1. The monoisotopic (exact) mass is 408 g/mol. The molecular weight excluding hydrogens is 384 g/mol. The number of benzene rings is 1. The van der Waals surface area contributed by atoms with Crippen LogP contribution in [0.25, 0.3) is 0 Å². The fraction of sp³-hybridized carbons (Fsp3) is 0.364. The maximum absolute atomic E-state index is 13.1. The molecule has 0 saturated carbocycles. The van der Waals surface area contributed by atoms with E-state index >= 15 is 0 Å². The molecule has 1 saturated heterocycles. The van der Waals surface area contributed by atoms with Gasteiger partial charge in [-0.3, -0.25) is 19.4 Å². The Morgan fingerprint density at radius 2 is 2.03 bits per heavy atom. The highest BCUT2D eigenvalue weighted by atomic mass is 16.5. The minimum absolute atomic E-state index is 0.155. The Hall–Kier alpha value is -3.42. The highest BCUT2D eigenvalue weighted by molar-refractivity contribution is 6.39. The molecule has 2 aliphatic rings. The number of hydrogen-bond acceptors (Lipinski definition) is 5. The molecule has 2 atom stereocenters. The average Bonchev–Trinajstić information content (AvgIpc) is 3.21. The molecule has 2 aliphatic heterocycles. The Balaban J connectivity index is 1.54. The molecule has 8 heteroatoms. The molecule has 3 heterocycles. The summed E-state index contributed by atoms with van der Waals surface area (Å²) in [6, 6.07) is 7.26. The summed E-state index contributed by atoms with van der Waals surface area (Å²) in [4.78, 5) is 42.6. The third-order valence-electron chi connectivity index (χ3n) is 5.66. The third-order valence-corrected chi connectivity index (χ3v) is 5.66. The van der Waals surface area contributed by atoms with Crippen LogP contribution < -0.4 is 15.8 Å². The van der Waals surface area contributed by atoms with Gasteiger partial charge in [-0.15, -0.1) is 0 Å². The van der Waals surface area contributed by atoms with Gasteiger partial charge in [-0.2, -0.15) is 0 Å². The van der Waals surface area contributed by atoms with Gasteiger partial charge in [0.05, 0.1) is 30.1 Å². The summed E-state index contributed by atoms with van der Waals surface area (Å²) >= 11 is 0. The number of carbonyl (C=O) groups excluding carboxylic acids is 3. The summed E-state index contributed by atoms with van der Waals surface area (Å²) in [5, 5.41) is 2.54. The van der Waals surface area contributed by atoms with Crippen LogP contribution in [0.4, 0.5) is 5.69 Å². The van der Waals surface area contributed by atoms with Crippen molar-refractivity contribution < 1.29 is 19.1 Å². The molecule has 0 bridgehead atoms. The maximum Gasteiger partial charge on any atom is 0.313 e. The van der Waals surface area contributed by atoms with Crippen LogP contribution in [-0.2, 0) is 16.0 Å². The van der Waals surface area contributed by atoms with E-state index in [1.165, 1.54) is 24.0 Å². The zero-order valence-electron chi connectivity index (χ0n) is 16.8. The lowest BCUT2D eigenvalue weighted by molar-refractivity contribution is -0.146. The molecule has 0 spiro atoms. The van der Waals surface area contributed by atoms with E-state index in [2.05, 4.69) is 17.2 Å². The van der Waals surface area contributed by atoms with E-state index in [-0.39, 0.29) is 17.3 Å². The number of nitrogens with two attached hydrogens (primary N) is 1. The van der Waals surface area contributed by atoms with Crippen molar-refractivity contribution in [2.45, 2.75) is 32.2 Å². The second-order valence-electron chi connectivity index (χ2n) is 7.90. The molecule has 30 heavy (non-hydrogen) atoms. The van der Waals surface area contributed by atoms with Gasteiger partial charge in [0, 0.05) is 19.2 Å². The number of likely N-dealkylation sites (tertiary alicyclic amines) is 1. The Morgan fingerprint density at radius 1 is 1.20 bits per heavy atom. The Bertz CT molecular complexity index is 1010. The smallest absolute Gasteiger partial charge is 0.313 e. The van der Waals surface area contributed by atoms with Crippen molar-refractivity contribution in [1.82, 2.24) is 9.88 Å². The number of hydrogen-bond donors (Lipinski definition) is 2. The molecule has 0 unspecified atom stereocenters. The lowest BCUT2D eigenvalue weighted by atomic mass is 9.89. The van der Waals surface area contributed by atoms with E-state index in [4.69, 9.17) is 10.5 Å². The summed E-state index contributed by atoms with van der Waals surface area (Å²) in [5.74, 6) is -0.887. The largest absolute Gasteiger partial charge is 0.493 e. The third kappa shape index (κ3) is 3.98. The van der Waals surface area contributed by atoms with E-state index in [1.807, 2.05) is 18.2 Å². The van der Waals surface area contributed by atoms with Crippen molar-refractivity contribution in [3.8, 4) is 5.75 Å². The van der Waals surface area contributed by atoms with Crippen molar-refractivity contribution >= 4 is 23.4 Å². The Labute approximate surface area is 174 Å². The number of carbonyl (C=O) groups is 3. The lowest BCUT2D eigenvalue weighted by Gasteiger charge is -2.38.